The van der Waals surface area contributed by atoms with E-state index < -0.39 is 5.24 Å². The maximum atomic E-state index is 11.0. The lowest BCUT2D eigenvalue weighted by atomic mass is 10.0. The number of halogens is 1. The lowest BCUT2D eigenvalue weighted by Crippen LogP contribution is -1.90. The molecule has 0 heterocycles. The number of carbonyl (C=O) groups is 1. The molecule has 17 heavy (non-hydrogen) atoms. The smallest absolute Gasteiger partial charge is 0.252 e. The molecule has 0 N–H and O–H groups in total. The van der Waals surface area contributed by atoms with Crippen molar-refractivity contribution in [1.82, 2.24) is 0 Å². The molecule has 0 amide bonds. The lowest BCUT2D eigenvalue weighted by Gasteiger charge is -2.04. The van der Waals surface area contributed by atoms with Gasteiger partial charge in [0.05, 0.1) is 0 Å². The van der Waals surface area contributed by atoms with Crippen molar-refractivity contribution in [3.8, 4) is 11.1 Å². The first kappa shape index (κ1) is 11.6. The van der Waals surface area contributed by atoms with Crippen molar-refractivity contribution in [3.05, 3.63) is 66.7 Å². The van der Waals surface area contributed by atoms with Crippen LogP contribution in [0.3, 0.4) is 0 Å². The van der Waals surface area contributed by atoms with E-state index in [1.807, 2.05) is 54.6 Å². The molecule has 0 saturated heterocycles. The molecular weight excluding hydrogens is 232 g/mol. The molecule has 0 aromatic heterocycles. The van der Waals surface area contributed by atoms with Gasteiger partial charge in [0, 0.05) is 5.57 Å². The third kappa shape index (κ3) is 2.63. The highest BCUT2D eigenvalue weighted by Crippen LogP contribution is 2.22. The van der Waals surface area contributed by atoms with Crippen LogP contribution in [0.4, 0.5) is 0 Å². The van der Waals surface area contributed by atoms with E-state index in [9.17, 15) is 4.79 Å². The summed E-state index contributed by atoms with van der Waals surface area (Å²) in [6.07, 6.45) is 0. The fourth-order valence-corrected chi connectivity index (χ4v) is 1.72. The minimum Gasteiger partial charge on any atom is -0.276 e. The second-order valence-corrected chi connectivity index (χ2v) is 4.04. The minimum atomic E-state index is -0.516. The summed E-state index contributed by atoms with van der Waals surface area (Å²) in [6.45, 7) is 3.65. The van der Waals surface area contributed by atoms with E-state index in [1.165, 1.54) is 0 Å². The maximum absolute atomic E-state index is 11.0. The second-order valence-electron chi connectivity index (χ2n) is 3.70. The van der Waals surface area contributed by atoms with E-state index >= 15 is 0 Å². The van der Waals surface area contributed by atoms with Crippen LogP contribution >= 0.6 is 11.6 Å². The van der Waals surface area contributed by atoms with Gasteiger partial charge in [-0.15, -0.1) is 0 Å². The normalized spacial score (nSPS) is 9.94. The molecule has 0 fully saturated rings. The van der Waals surface area contributed by atoms with Crippen LogP contribution in [0.1, 0.15) is 5.56 Å². The summed E-state index contributed by atoms with van der Waals surface area (Å²) in [6, 6.07) is 17.6. The Morgan fingerprint density at radius 3 is 1.94 bits per heavy atom. The van der Waals surface area contributed by atoms with Crippen LogP contribution < -0.4 is 0 Å². The van der Waals surface area contributed by atoms with E-state index in [0.717, 1.165) is 16.7 Å². The maximum Gasteiger partial charge on any atom is 0.252 e. The Labute approximate surface area is 105 Å². The van der Waals surface area contributed by atoms with Gasteiger partial charge in [0.1, 0.15) is 0 Å². The van der Waals surface area contributed by atoms with Crippen molar-refractivity contribution in [2.24, 2.45) is 0 Å². The Morgan fingerprint density at radius 1 is 0.882 bits per heavy atom. The van der Waals surface area contributed by atoms with E-state index in [0.29, 0.717) is 5.57 Å². The minimum absolute atomic E-state index is 0.325. The van der Waals surface area contributed by atoms with Crippen LogP contribution in [0.25, 0.3) is 16.7 Å². The van der Waals surface area contributed by atoms with Gasteiger partial charge >= 0.3 is 0 Å². The molecule has 1 nitrogen and oxygen atoms in total. The van der Waals surface area contributed by atoms with Crippen molar-refractivity contribution in [2.45, 2.75) is 0 Å². The summed E-state index contributed by atoms with van der Waals surface area (Å²) in [5.74, 6) is 0. The van der Waals surface area contributed by atoms with Gasteiger partial charge in [-0.05, 0) is 28.3 Å². The zero-order valence-electron chi connectivity index (χ0n) is 9.19. The summed E-state index contributed by atoms with van der Waals surface area (Å²) in [5.41, 5.74) is 3.32. The fourth-order valence-electron chi connectivity index (χ4n) is 1.61. The highest BCUT2D eigenvalue weighted by Gasteiger charge is 2.06. The molecule has 2 rings (SSSR count). The predicted octanol–water partition coefficient (Wildman–Crippen LogP) is 4.13. The van der Waals surface area contributed by atoms with Gasteiger partial charge in [0.2, 0.25) is 0 Å². The molecule has 0 bridgehead atoms. The zero-order valence-corrected chi connectivity index (χ0v) is 9.95. The van der Waals surface area contributed by atoms with Gasteiger partial charge in [-0.25, -0.2) is 0 Å². The average molecular weight is 243 g/mol. The first-order valence-electron chi connectivity index (χ1n) is 5.23. The standard InChI is InChI=1S/C15H11ClO/c1-11(15(16)17)12-7-9-14(10-8-12)13-5-3-2-4-6-13/h2-10H,1H2. The van der Waals surface area contributed by atoms with Crippen LogP contribution in [0.2, 0.25) is 0 Å². The summed E-state index contributed by atoms with van der Waals surface area (Å²) in [4.78, 5) is 11.0. The van der Waals surface area contributed by atoms with Gasteiger partial charge in [-0.1, -0.05) is 61.2 Å². The molecule has 2 aromatic carbocycles. The molecule has 0 aliphatic heterocycles. The molecular formula is C15H11ClO. The molecule has 0 atom stereocenters. The first-order valence-corrected chi connectivity index (χ1v) is 5.61. The number of hydrogen-bond donors (Lipinski definition) is 0. The molecule has 0 radical (unpaired) electrons. The van der Waals surface area contributed by atoms with Gasteiger partial charge < -0.3 is 0 Å². The van der Waals surface area contributed by atoms with E-state index in [4.69, 9.17) is 11.6 Å². The molecule has 0 unspecified atom stereocenters. The van der Waals surface area contributed by atoms with Crippen LogP contribution in [0.15, 0.2) is 61.2 Å². The average Bonchev–Trinajstić information content (AvgIpc) is 2.39. The molecule has 0 aliphatic carbocycles. The fraction of sp³-hybridized carbons (Fsp3) is 0. The zero-order chi connectivity index (χ0) is 12.3. The lowest BCUT2D eigenvalue weighted by molar-refractivity contribution is -0.106. The molecule has 0 saturated carbocycles. The third-order valence-electron chi connectivity index (χ3n) is 2.58. The summed E-state index contributed by atoms with van der Waals surface area (Å²) in [5, 5.41) is -0.516. The van der Waals surface area contributed by atoms with Crippen LogP contribution in [-0.4, -0.2) is 5.24 Å². The highest BCUT2D eigenvalue weighted by atomic mass is 35.5. The monoisotopic (exact) mass is 242 g/mol. The molecule has 2 heteroatoms. The molecule has 84 valence electrons. The van der Waals surface area contributed by atoms with E-state index in [1.54, 1.807) is 0 Å². The van der Waals surface area contributed by atoms with Crippen LogP contribution in [0, 0.1) is 0 Å². The van der Waals surface area contributed by atoms with Gasteiger partial charge in [0.25, 0.3) is 5.24 Å². The van der Waals surface area contributed by atoms with Crippen molar-refractivity contribution in [3.63, 3.8) is 0 Å². The number of allylic oxidation sites excluding steroid dienone is 1. The second kappa shape index (κ2) is 4.98. The van der Waals surface area contributed by atoms with E-state index in [-0.39, 0.29) is 0 Å². The highest BCUT2D eigenvalue weighted by molar-refractivity contribution is 6.74. The molecule has 0 spiro atoms. The Morgan fingerprint density at radius 2 is 1.41 bits per heavy atom. The summed E-state index contributed by atoms with van der Waals surface area (Å²) < 4.78 is 0. The number of hydrogen-bond acceptors (Lipinski definition) is 1. The van der Waals surface area contributed by atoms with Gasteiger partial charge in [0.15, 0.2) is 0 Å². The van der Waals surface area contributed by atoms with Crippen molar-refractivity contribution >= 4 is 22.4 Å². The summed E-state index contributed by atoms with van der Waals surface area (Å²) >= 11 is 5.38. The van der Waals surface area contributed by atoms with Gasteiger partial charge in [-0.3, -0.25) is 4.79 Å². The molecule has 0 aliphatic rings. The van der Waals surface area contributed by atoms with Crippen molar-refractivity contribution in [1.29, 1.82) is 0 Å². The summed E-state index contributed by atoms with van der Waals surface area (Å²) in [7, 11) is 0. The quantitative estimate of drug-likeness (QED) is 0.584. The molecule has 2 aromatic rings. The number of rotatable bonds is 3. The predicted molar refractivity (Wildman–Crippen MR) is 71.8 cm³/mol. The SMILES string of the molecule is C=C(C(=O)Cl)c1ccc(-c2ccccc2)cc1. The largest absolute Gasteiger partial charge is 0.276 e. The Bertz CT molecular complexity index is 541. The Hall–Kier alpha value is -1.86. The number of carbonyl (C=O) groups excluding carboxylic acids is 1. The Kier molecular flexibility index (Phi) is 3.40. The van der Waals surface area contributed by atoms with Crippen LogP contribution in [0.5, 0.6) is 0 Å². The first-order chi connectivity index (χ1) is 8.18. The van der Waals surface area contributed by atoms with E-state index in [2.05, 4.69) is 6.58 Å². The third-order valence-corrected chi connectivity index (χ3v) is 2.81. The van der Waals surface area contributed by atoms with Gasteiger partial charge in [-0.2, -0.15) is 0 Å². The topological polar surface area (TPSA) is 17.1 Å². The van der Waals surface area contributed by atoms with Crippen molar-refractivity contribution < 1.29 is 4.79 Å². The van der Waals surface area contributed by atoms with Crippen LogP contribution in [-0.2, 0) is 4.79 Å². The number of benzene rings is 2. The Balaban J connectivity index is 2.31. The van der Waals surface area contributed by atoms with Crippen molar-refractivity contribution in [2.75, 3.05) is 0 Å².